The highest BCUT2D eigenvalue weighted by Gasteiger charge is 2.08. The highest BCUT2D eigenvalue weighted by atomic mass is 35.5. The molecule has 2 rings (SSSR count). The van der Waals surface area contributed by atoms with Crippen LogP contribution < -0.4 is 16.2 Å². The molecule has 0 aromatic heterocycles. The van der Waals surface area contributed by atoms with Gasteiger partial charge in [-0.2, -0.15) is 5.26 Å². The van der Waals surface area contributed by atoms with Crippen LogP contribution in [0.2, 0.25) is 5.02 Å². The van der Waals surface area contributed by atoms with E-state index in [9.17, 15) is 14.0 Å². The summed E-state index contributed by atoms with van der Waals surface area (Å²) >= 11 is 6.01. The normalized spacial score (nSPS) is 9.39. The maximum atomic E-state index is 12.6. The average molecular weight is 407 g/mol. The van der Waals surface area contributed by atoms with Crippen molar-refractivity contribution in [3.63, 3.8) is 0 Å². The van der Waals surface area contributed by atoms with E-state index in [0.29, 0.717) is 10.6 Å². The van der Waals surface area contributed by atoms with E-state index < -0.39 is 17.5 Å². The Hall–Kier alpha value is -3.31. The molecule has 0 aliphatic carbocycles. The first-order valence-corrected chi connectivity index (χ1v) is 8.64. The summed E-state index contributed by atoms with van der Waals surface area (Å²) in [4.78, 5) is 20.9. The van der Waals surface area contributed by atoms with Gasteiger partial charge < -0.3 is 10.4 Å². The molecule has 0 atom stereocenters. The van der Waals surface area contributed by atoms with E-state index in [1.165, 1.54) is 6.07 Å². The van der Waals surface area contributed by atoms with Gasteiger partial charge in [-0.3, -0.25) is 20.4 Å². The van der Waals surface area contributed by atoms with Crippen molar-refractivity contribution in [2.24, 2.45) is 0 Å². The maximum absolute atomic E-state index is 12.6. The number of phenols is 1. The molecule has 2 amide bonds. The molecule has 0 radical (unpaired) electrons. The quantitative estimate of drug-likeness (QED) is 0.434. The standard InChI is InChI=1S/C11H13ClN2.C8H7FN2O3/c1-3-6-14-10-5-4-9(7-13)11(12)8(10)2;9-6-2-1-5(3-7(6)13)8(14)11-10-4-12/h4-5,14H,3,6H2,1-2H3;1-4,13H,(H,10,12)(H,11,14). The third kappa shape index (κ3) is 6.45. The summed E-state index contributed by atoms with van der Waals surface area (Å²) in [6.07, 6.45) is 1.35. The summed E-state index contributed by atoms with van der Waals surface area (Å²) in [6.45, 7) is 4.94. The number of amides is 2. The first kappa shape index (κ1) is 22.7. The fourth-order valence-electron chi connectivity index (χ4n) is 2.04. The molecule has 9 heteroatoms. The summed E-state index contributed by atoms with van der Waals surface area (Å²) in [6, 6.07) is 8.78. The third-order valence-corrected chi connectivity index (χ3v) is 4.01. The molecule has 0 heterocycles. The number of rotatable bonds is 6. The van der Waals surface area contributed by atoms with Gasteiger partial charge >= 0.3 is 0 Å². The Morgan fingerprint density at radius 2 is 2.07 bits per heavy atom. The van der Waals surface area contributed by atoms with E-state index in [1.807, 2.05) is 23.8 Å². The molecule has 2 aromatic rings. The van der Waals surface area contributed by atoms with E-state index in [2.05, 4.69) is 18.3 Å². The number of hydrazine groups is 1. The minimum atomic E-state index is -0.815. The SMILES string of the molecule is CCCNc1ccc(C#N)c(Cl)c1C.O=CNNC(=O)c1ccc(F)c(O)c1. The minimum Gasteiger partial charge on any atom is -0.505 e. The Labute approximate surface area is 167 Å². The summed E-state index contributed by atoms with van der Waals surface area (Å²) in [5.41, 5.74) is 6.46. The number of hydrogen-bond acceptors (Lipinski definition) is 5. The number of halogens is 2. The maximum Gasteiger partial charge on any atom is 0.269 e. The van der Waals surface area contributed by atoms with Gasteiger partial charge in [0.05, 0.1) is 10.6 Å². The lowest BCUT2D eigenvalue weighted by atomic mass is 10.1. The molecule has 28 heavy (non-hydrogen) atoms. The molecule has 0 aliphatic rings. The molecule has 2 aromatic carbocycles. The van der Waals surface area contributed by atoms with Gasteiger partial charge in [0, 0.05) is 17.8 Å². The number of carbonyl (C=O) groups is 2. The molecule has 0 saturated heterocycles. The van der Waals surface area contributed by atoms with Crippen molar-refractivity contribution in [3.8, 4) is 11.8 Å². The molecule has 148 valence electrons. The molecule has 0 fully saturated rings. The fraction of sp³-hybridized carbons (Fsp3) is 0.211. The lowest BCUT2D eigenvalue weighted by Gasteiger charge is -2.10. The molecule has 0 aliphatic heterocycles. The topological polar surface area (TPSA) is 114 Å². The Kier molecular flexibility index (Phi) is 9.27. The number of hydrogen-bond donors (Lipinski definition) is 4. The van der Waals surface area contributed by atoms with E-state index in [4.69, 9.17) is 22.0 Å². The predicted molar refractivity (Wildman–Crippen MR) is 104 cm³/mol. The summed E-state index contributed by atoms with van der Waals surface area (Å²) in [7, 11) is 0. The Morgan fingerprint density at radius 1 is 1.36 bits per heavy atom. The van der Waals surface area contributed by atoms with Gasteiger partial charge in [-0.25, -0.2) is 4.39 Å². The van der Waals surface area contributed by atoms with Gasteiger partial charge in [-0.1, -0.05) is 18.5 Å². The van der Waals surface area contributed by atoms with Crippen LogP contribution in [0.1, 0.15) is 34.8 Å². The van der Waals surface area contributed by atoms with Crippen LogP contribution >= 0.6 is 11.6 Å². The van der Waals surface area contributed by atoms with Gasteiger partial charge in [-0.15, -0.1) is 0 Å². The number of benzene rings is 2. The van der Waals surface area contributed by atoms with Gasteiger partial charge in [0.2, 0.25) is 6.41 Å². The van der Waals surface area contributed by atoms with Gasteiger partial charge in [0.15, 0.2) is 11.6 Å². The number of nitrogens with one attached hydrogen (secondary N) is 3. The van der Waals surface area contributed by atoms with Crippen LogP contribution in [0.25, 0.3) is 0 Å². The average Bonchev–Trinajstić information content (AvgIpc) is 2.70. The Bertz CT molecular complexity index is 884. The second-order valence-corrected chi connectivity index (χ2v) is 5.90. The minimum absolute atomic E-state index is 0.0400. The zero-order chi connectivity index (χ0) is 21.1. The van der Waals surface area contributed by atoms with Gasteiger partial charge in [0.1, 0.15) is 6.07 Å². The number of carbonyl (C=O) groups excluding carboxylic acids is 2. The summed E-state index contributed by atoms with van der Waals surface area (Å²) < 4.78 is 12.6. The molecule has 0 bridgehead atoms. The zero-order valence-electron chi connectivity index (χ0n) is 15.3. The van der Waals surface area contributed by atoms with Crippen molar-refractivity contribution in [2.75, 3.05) is 11.9 Å². The Balaban J connectivity index is 0.000000280. The second kappa shape index (κ2) is 11.4. The second-order valence-electron chi connectivity index (χ2n) is 5.52. The lowest BCUT2D eigenvalue weighted by Crippen LogP contribution is -2.36. The molecule has 7 nitrogen and oxygen atoms in total. The number of anilines is 1. The van der Waals surface area contributed by atoms with Crippen molar-refractivity contribution >= 4 is 29.6 Å². The first-order valence-electron chi connectivity index (χ1n) is 8.26. The van der Waals surface area contributed by atoms with Crippen LogP contribution in [0.5, 0.6) is 5.75 Å². The van der Waals surface area contributed by atoms with E-state index in [0.717, 1.165) is 36.3 Å². The van der Waals surface area contributed by atoms with Gasteiger partial charge in [0.25, 0.3) is 5.91 Å². The Morgan fingerprint density at radius 3 is 2.64 bits per heavy atom. The molecule has 4 N–H and O–H groups in total. The number of phenolic OH excluding ortho intramolecular Hbond substituents is 1. The van der Waals surface area contributed by atoms with E-state index >= 15 is 0 Å². The van der Waals surface area contributed by atoms with Crippen LogP contribution in [0.3, 0.4) is 0 Å². The van der Waals surface area contributed by atoms with Crippen molar-refractivity contribution in [1.29, 1.82) is 5.26 Å². The lowest BCUT2D eigenvalue weighted by molar-refractivity contribution is -0.110. The van der Waals surface area contributed by atoms with E-state index in [1.54, 1.807) is 6.07 Å². The molecule has 0 saturated carbocycles. The van der Waals surface area contributed by atoms with Crippen LogP contribution in [-0.4, -0.2) is 24.0 Å². The molecule has 0 spiro atoms. The number of nitrogens with zero attached hydrogens (tertiary/aromatic N) is 1. The molecular formula is C19H20ClFN4O3. The summed E-state index contributed by atoms with van der Waals surface area (Å²) in [5, 5.41) is 21.5. The fourth-order valence-corrected chi connectivity index (χ4v) is 2.25. The van der Waals surface area contributed by atoms with Crippen molar-refractivity contribution in [1.82, 2.24) is 10.9 Å². The van der Waals surface area contributed by atoms with Crippen LogP contribution in [-0.2, 0) is 4.79 Å². The van der Waals surface area contributed by atoms with Crippen LogP contribution in [0, 0.1) is 24.1 Å². The monoisotopic (exact) mass is 406 g/mol. The predicted octanol–water partition coefficient (Wildman–Crippen LogP) is 3.26. The first-order chi connectivity index (χ1) is 13.3. The van der Waals surface area contributed by atoms with Crippen molar-refractivity contribution in [2.45, 2.75) is 20.3 Å². The highest BCUT2D eigenvalue weighted by molar-refractivity contribution is 6.32. The highest BCUT2D eigenvalue weighted by Crippen LogP contribution is 2.26. The summed E-state index contributed by atoms with van der Waals surface area (Å²) in [5.74, 6) is -2.08. The van der Waals surface area contributed by atoms with Gasteiger partial charge in [-0.05, 0) is 49.2 Å². The van der Waals surface area contributed by atoms with Crippen LogP contribution in [0.15, 0.2) is 30.3 Å². The molecular weight excluding hydrogens is 387 g/mol. The third-order valence-electron chi connectivity index (χ3n) is 3.53. The smallest absolute Gasteiger partial charge is 0.269 e. The molecule has 0 unspecified atom stereocenters. The van der Waals surface area contributed by atoms with Crippen molar-refractivity contribution in [3.05, 3.63) is 57.9 Å². The largest absolute Gasteiger partial charge is 0.505 e. The number of nitriles is 1. The van der Waals surface area contributed by atoms with Crippen LogP contribution in [0.4, 0.5) is 10.1 Å². The van der Waals surface area contributed by atoms with Crippen molar-refractivity contribution < 1.29 is 19.1 Å². The zero-order valence-corrected chi connectivity index (χ0v) is 16.1. The number of aromatic hydroxyl groups is 1. The van der Waals surface area contributed by atoms with E-state index in [-0.39, 0.29) is 12.0 Å².